The SMILES string of the molecule is COc1ccc2ncc3c(-c4ccc(OC)c(OC)c4)nn(-c4ccc(F)cc4)c3c2c1. The first kappa shape index (κ1) is 19.8. The molecule has 0 aliphatic rings. The second kappa shape index (κ2) is 7.85. The molecule has 2 aromatic heterocycles. The van der Waals surface area contributed by atoms with E-state index in [1.54, 1.807) is 33.5 Å². The lowest BCUT2D eigenvalue weighted by Gasteiger charge is -2.08. The highest BCUT2D eigenvalue weighted by Crippen LogP contribution is 2.38. The molecule has 5 rings (SSSR count). The first-order valence-electron chi connectivity index (χ1n) is 9.96. The van der Waals surface area contributed by atoms with Gasteiger partial charge < -0.3 is 14.2 Å². The van der Waals surface area contributed by atoms with Crippen molar-refractivity contribution in [1.29, 1.82) is 0 Å². The maximum Gasteiger partial charge on any atom is 0.161 e. The van der Waals surface area contributed by atoms with E-state index in [1.165, 1.54) is 12.1 Å². The highest BCUT2D eigenvalue weighted by atomic mass is 19.1. The van der Waals surface area contributed by atoms with Gasteiger partial charge in [-0.15, -0.1) is 0 Å². The molecular weight excluding hydrogens is 409 g/mol. The maximum absolute atomic E-state index is 13.6. The summed E-state index contributed by atoms with van der Waals surface area (Å²) in [5, 5.41) is 6.64. The fourth-order valence-electron chi connectivity index (χ4n) is 3.86. The molecule has 160 valence electrons. The van der Waals surface area contributed by atoms with Crippen molar-refractivity contribution in [2.24, 2.45) is 0 Å². The molecule has 0 spiro atoms. The van der Waals surface area contributed by atoms with Crippen molar-refractivity contribution in [2.75, 3.05) is 21.3 Å². The third-order valence-corrected chi connectivity index (χ3v) is 5.44. The van der Waals surface area contributed by atoms with Crippen molar-refractivity contribution in [1.82, 2.24) is 14.8 Å². The Morgan fingerprint density at radius 1 is 0.781 bits per heavy atom. The lowest BCUT2D eigenvalue weighted by Crippen LogP contribution is -1.98. The molecular formula is C25H20FN3O3. The van der Waals surface area contributed by atoms with Gasteiger partial charge in [0, 0.05) is 22.5 Å². The monoisotopic (exact) mass is 429 g/mol. The molecule has 0 saturated heterocycles. The van der Waals surface area contributed by atoms with Crippen molar-refractivity contribution in [2.45, 2.75) is 0 Å². The first-order chi connectivity index (χ1) is 15.6. The number of hydrogen-bond acceptors (Lipinski definition) is 5. The van der Waals surface area contributed by atoms with E-state index in [9.17, 15) is 4.39 Å². The van der Waals surface area contributed by atoms with Crippen LogP contribution in [0.1, 0.15) is 0 Å². The van der Waals surface area contributed by atoms with E-state index >= 15 is 0 Å². The van der Waals surface area contributed by atoms with E-state index in [1.807, 2.05) is 47.3 Å². The Hall–Kier alpha value is -4.13. The lowest BCUT2D eigenvalue weighted by molar-refractivity contribution is 0.355. The Bertz CT molecular complexity index is 1450. The average molecular weight is 429 g/mol. The van der Waals surface area contributed by atoms with Crippen molar-refractivity contribution < 1.29 is 18.6 Å². The predicted molar refractivity (Wildman–Crippen MR) is 121 cm³/mol. The molecule has 3 aromatic carbocycles. The molecule has 0 radical (unpaired) electrons. The number of hydrogen-bond donors (Lipinski definition) is 0. The summed E-state index contributed by atoms with van der Waals surface area (Å²) in [6, 6.07) is 17.6. The number of halogens is 1. The summed E-state index contributed by atoms with van der Waals surface area (Å²) in [6.07, 6.45) is 1.81. The number of ether oxygens (including phenoxy) is 3. The van der Waals surface area contributed by atoms with Gasteiger partial charge in [-0.05, 0) is 60.7 Å². The first-order valence-corrected chi connectivity index (χ1v) is 9.96. The Balaban J connectivity index is 1.85. The highest BCUT2D eigenvalue weighted by Gasteiger charge is 2.19. The number of pyridine rings is 1. The molecule has 7 heteroatoms. The van der Waals surface area contributed by atoms with Crippen molar-refractivity contribution in [3.8, 4) is 34.2 Å². The zero-order valence-electron chi connectivity index (χ0n) is 17.8. The van der Waals surface area contributed by atoms with Gasteiger partial charge >= 0.3 is 0 Å². The summed E-state index contributed by atoms with van der Waals surface area (Å²) in [4.78, 5) is 4.64. The third-order valence-electron chi connectivity index (χ3n) is 5.44. The van der Waals surface area contributed by atoms with Gasteiger partial charge in [0.05, 0.1) is 38.1 Å². The number of rotatable bonds is 5. The van der Waals surface area contributed by atoms with E-state index in [2.05, 4.69) is 4.98 Å². The summed E-state index contributed by atoms with van der Waals surface area (Å²) in [5.74, 6) is 1.64. The molecule has 0 fully saturated rings. The molecule has 0 aliphatic carbocycles. The normalized spacial score (nSPS) is 11.1. The van der Waals surface area contributed by atoms with Gasteiger partial charge in [-0.25, -0.2) is 9.07 Å². The fourth-order valence-corrected chi connectivity index (χ4v) is 3.86. The van der Waals surface area contributed by atoms with Crippen LogP contribution in [0.15, 0.2) is 66.9 Å². The van der Waals surface area contributed by atoms with Crippen LogP contribution in [0.4, 0.5) is 4.39 Å². The summed E-state index contributed by atoms with van der Waals surface area (Å²) in [5.41, 5.74) is 3.96. The van der Waals surface area contributed by atoms with E-state index in [-0.39, 0.29) is 5.82 Å². The molecule has 0 atom stereocenters. The summed E-state index contributed by atoms with van der Waals surface area (Å²) >= 11 is 0. The number of benzene rings is 3. The molecule has 0 saturated carbocycles. The molecule has 2 heterocycles. The summed E-state index contributed by atoms with van der Waals surface area (Å²) in [7, 11) is 4.82. The van der Waals surface area contributed by atoms with Crippen LogP contribution in [0, 0.1) is 5.82 Å². The molecule has 0 bridgehead atoms. The van der Waals surface area contributed by atoms with Gasteiger partial charge in [-0.2, -0.15) is 5.10 Å². The topological polar surface area (TPSA) is 58.4 Å². The van der Waals surface area contributed by atoms with Crippen LogP contribution in [0.3, 0.4) is 0 Å². The van der Waals surface area contributed by atoms with E-state index in [4.69, 9.17) is 19.3 Å². The van der Waals surface area contributed by atoms with Crippen LogP contribution in [0.25, 0.3) is 38.8 Å². The van der Waals surface area contributed by atoms with E-state index in [0.717, 1.165) is 38.8 Å². The molecule has 0 amide bonds. The lowest BCUT2D eigenvalue weighted by atomic mass is 10.1. The quantitative estimate of drug-likeness (QED) is 0.374. The Morgan fingerprint density at radius 3 is 2.28 bits per heavy atom. The largest absolute Gasteiger partial charge is 0.497 e. The molecule has 6 nitrogen and oxygen atoms in total. The second-order valence-corrected chi connectivity index (χ2v) is 7.21. The van der Waals surface area contributed by atoms with E-state index < -0.39 is 0 Å². The van der Waals surface area contributed by atoms with Crippen molar-refractivity contribution in [3.05, 3.63) is 72.7 Å². The van der Waals surface area contributed by atoms with Crippen LogP contribution < -0.4 is 14.2 Å². The van der Waals surface area contributed by atoms with Gasteiger partial charge in [0.25, 0.3) is 0 Å². The predicted octanol–water partition coefficient (Wildman–Crippen LogP) is 5.41. The Kier molecular flexibility index (Phi) is 4.86. The van der Waals surface area contributed by atoms with Crippen LogP contribution in [-0.4, -0.2) is 36.1 Å². The minimum Gasteiger partial charge on any atom is -0.497 e. The van der Waals surface area contributed by atoms with E-state index in [0.29, 0.717) is 17.2 Å². The minimum absolute atomic E-state index is 0.307. The zero-order chi connectivity index (χ0) is 22.2. The third kappa shape index (κ3) is 3.19. The minimum atomic E-state index is -0.307. The smallest absolute Gasteiger partial charge is 0.161 e. The summed E-state index contributed by atoms with van der Waals surface area (Å²) in [6.45, 7) is 0. The van der Waals surface area contributed by atoms with Crippen LogP contribution >= 0.6 is 0 Å². The zero-order valence-corrected chi connectivity index (χ0v) is 17.8. The van der Waals surface area contributed by atoms with Gasteiger partial charge in [-0.1, -0.05) is 0 Å². The van der Waals surface area contributed by atoms with Crippen LogP contribution in [0.5, 0.6) is 17.2 Å². The van der Waals surface area contributed by atoms with Gasteiger partial charge in [0.1, 0.15) is 17.3 Å². The number of methoxy groups -OCH3 is 3. The summed E-state index contributed by atoms with van der Waals surface area (Å²) < 4.78 is 31.7. The standard InChI is InChI=1S/C25H20FN3O3/c1-30-18-9-10-21-19(13-18)25-20(14-27-21)24(15-4-11-22(31-2)23(12-15)32-3)28-29(25)17-7-5-16(26)6-8-17/h4-14H,1-3H3. The van der Waals surface area contributed by atoms with Crippen molar-refractivity contribution in [3.63, 3.8) is 0 Å². The molecule has 0 aliphatic heterocycles. The number of aromatic nitrogens is 3. The Labute approximate surface area is 183 Å². The molecule has 0 N–H and O–H groups in total. The average Bonchev–Trinajstić information content (AvgIpc) is 3.24. The fraction of sp³-hybridized carbons (Fsp3) is 0.120. The van der Waals surface area contributed by atoms with Crippen LogP contribution in [0.2, 0.25) is 0 Å². The maximum atomic E-state index is 13.6. The van der Waals surface area contributed by atoms with Gasteiger partial charge in [0.2, 0.25) is 0 Å². The second-order valence-electron chi connectivity index (χ2n) is 7.21. The number of nitrogens with zero attached hydrogens (tertiary/aromatic N) is 3. The van der Waals surface area contributed by atoms with Gasteiger partial charge in [-0.3, -0.25) is 4.98 Å². The van der Waals surface area contributed by atoms with Crippen molar-refractivity contribution >= 4 is 21.8 Å². The molecule has 0 unspecified atom stereocenters. The highest BCUT2D eigenvalue weighted by molar-refractivity contribution is 6.09. The number of fused-ring (bicyclic) bond motifs is 3. The molecule has 5 aromatic rings. The molecule has 32 heavy (non-hydrogen) atoms. The van der Waals surface area contributed by atoms with Gasteiger partial charge in [0.15, 0.2) is 11.5 Å². The Morgan fingerprint density at radius 2 is 1.56 bits per heavy atom. The van der Waals surface area contributed by atoms with Crippen LogP contribution in [-0.2, 0) is 0 Å².